The predicted molar refractivity (Wildman–Crippen MR) is 101 cm³/mol. The Labute approximate surface area is 165 Å². The summed E-state index contributed by atoms with van der Waals surface area (Å²) in [5, 5.41) is 13.5. The number of amides is 1. The van der Waals surface area contributed by atoms with Crippen molar-refractivity contribution in [3.8, 4) is 0 Å². The van der Waals surface area contributed by atoms with E-state index in [1.165, 1.54) is 36.5 Å². The molecule has 152 valence electrons. The van der Waals surface area contributed by atoms with Crippen LogP contribution in [0.1, 0.15) is 18.5 Å². The van der Waals surface area contributed by atoms with Gasteiger partial charge in [-0.2, -0.15) is 0 Å². The molecule has 1 aliphatic rings. The predicted octanol–water partition coefficient (Wildman–Crippen LogP) is 1.96. The number of carbonyl (C=O) groups is 2. The second-order valence-corrected chi connectivity index (χ2v) is 5.97. The molecule has 0 saturated carbocycles. The Morgan fingerprint density at radius 2 is 2.14 bits per heavy atom. The van der Waals surface area contributed by atoms with Crippen LogP contribution in [0.25, 0.3) is 0 Å². The number of nitrogens with one attached hydrogen (secondary N) is 1. The molecule has 1 amide bonds. The minimum Gasteiger partial charge on any atom is -0.463 e. The molecule has 29 heavy (non-hydrogen) atoms. The molecule has 0 spiro atoms. The lowest BCUT2D eigenvalue weighted by Crippen LogP contribution is -2.35. The number of fused-ring (bicyclic) bond motifs is 1. The molecule has 1 N–H and O–H groups in total. The van der Waals surface area contributed by atoms with Crippen LogP contribution in [-0.4, -0.2) is 46.9 Å². The van der Waals surface area contributed by atoms with Gasteiger partial charge in [-0.1, -0.05) is 12.1 Å². The fourth-order valence-corrected chi connectivity index (χ4v) is 3.00. The number of anilines is 1. The van der Waals surface area contributed by atoms with Crippen LogP contribution in [0, 0.1) is 10.1 Å². The van der Waals surface area contributed by atoms with Crippen LogP contribution in [0.4, 0.5) is 16.4 Å². The number of imidazole rings is 1. The quantitative estimate of drug-likeness (QED) is 0.442. The van der Waals surface area contributed by atoms with Crippen molar-refractivity contribution in [3.63, 3.8) is 0 Å². The highest BCUT2D eigenvalue weighted by molar-refractivity contribution is 5.91. The van der Waals surface area contributed by atoms with Gasteiger partial charge in [0.15, 0.2) is 6.73 Å². The van der Waals surface area contributed by atoms with Crippen molar-refractivity contribution < 1.29 is 24.0 Å². The highest BCUT2D eigenvalue weighted by Crippen LogP contribution is 2.36. The van der Waals surface area contributed by atoms with E-state index >= 15 is 0 Å². The number of benzene rings is 1. The number of hydrogen-bond donors (Lipinski definition) is 1. The molecule has 11 heteroatoms. The molecule has 1 aromatic heterocycles. The van der Waals surface area contributed by atoms with Gasteiger partial charge in [0.25, 0.3) is 5.69 Å². The minimum absolute atomic E-state index is 0.0993. The van der Waals surface area contributed by atoms with Crippen molar-refractivity contribution in [3.05, 3.63) is 64.1 Å². The van der Waals surface area contributed by atoms with E-state index in [2.05, 4.69) is 10.3 Å². The molecular weight excluding hydrogens is 382 g/mol. The Morgan fingerprint density at radius 3 is 2.83 bits per heavy atom. The first-order chi connectivity index (χ1) is 14.0. The molecule has 1 atom stereocenters. The van der Waals surface area contributed by atoms with Crippen molar-refractivity contribution in [2.75, 3.05) is 25.3 Å². The summed E-state index contributed by atoms with van der Waals surface area (Å²) in [6, 6.07) is 5.32. The summed E-state index contributed by atoms with van der Waals surface area (Å²) < 4.78 is 11.9. The molecule has 0 saturated heterocycles. The largest absolute Gasteiger partial charge is 0.463 e. The van der Waals surface area contributed by atoms with E-state index in [9.17, 15) is 19.7 Å². The zero-order valence-corrected chi connectivity index (χ0v) is 15.8. The van der Waals surface area contributed by atoms with Crippen LogP contribution in [0.5, 0.6) is 0 Å². The highest BCUT2D eigenvalue weighted by atomic mass is 16.6. The summed E-state index contributed by atoms with van der Waals surface area (Å²) in [5.41, 5.74) is 0.640. The van der Waals surface area contributed by atoms with Crippen LogP contribution < -0.4 is 10.2 Å². The average molecular weight is 401 g/mol. The second kappa shape index (κ2) is 8.42. The average Bonchev–Trinajstić information content (AvgIpc) is 3.21. The maximum Gasteiger partial charge on any atom is 0.408 e. The van der Waals surface area contributed by atoms with E-state index in [1.54, 1.807) is 29.8 Å². The zero-order valence-electron chi connectivity index (χ0n) is 15.8. The van der Waals surface area contributed by atoms with Gasteiger partial charge in [0.05, 0.1) is 23.1 Å². The molecule has 2 heterocycles. The smallest absolute Gasteiger partial charge is 0.408 e. The van der Waals surface area contributed by atoms with E-state index in [0.29, 0.717) is 11.5 Å². The third-order valence-corrected chi connectivity index (χ3v) is 4.22. The molecular formula is C18H19N5O6. The number of non-ortho nitro benzene ring substituents is 1. The SMILES string of the molecule is CCOC(=O)C1=CN(COC(=O)NC)c2nccn2C1c1cccc([N+](=O)[O-])c1. The lowest BCUT2D eigenvalue weighted by atomic mass is 9.97. The summed E-state index contributed by atoms with van der Waals surface area (Å²) >= 11 is 0. The maximum absolute atomic E-state index is 12.7. The first-order valence-electron chi connectivity index (χ1n) is 8.73. The Morgan fingerprint density at radius 1 is 1.34 bits per heavy atom. The first-order valence-corrected chi connectivity index (χ1v) is 8.73. The van der Waals surface area contributed by atoms with Crippen molar-refractivity contribution in [1.82, 2.24) is 14.9 Å². The number of nitrogens with zero attached hydrogens (tertiary/aromatic N) is 4. The molecule has 0 aliphatic carbocycles. The molecule has 0 radical (unpaired) electrons. The number of hydrogen-bond acceptors (Lipinski definition) is 8. The molecule has 1 unspecified atom stereocenters. The summed E-state index contributed by atoms with van der Waals surface area (Å²) in [5.74, 6) is -0.188. The molecule has 1 aliphatic heterocycles. The topological polar surface area (TPSA) is 129 Å². The van der Waals surface area contributed by atoms with Gasteiger partial charge in [0.2, 0.25) is 5.95 Å². The fraction of sp³-hybridized carbons (Fsp3) is 0.278. The molecule has 11 nitrogen and oxygen atoms in total. The fourth-order valence-electron chi connectivity index (χ4n) is 3.00. The number of rotatable bonds is 6. The molecule has 2 aromatic rings. The van der Waals surface area contributed by atoms with Gasteiger partial charge < -0.3 is 19.4 Å². The Balaban J connectivity index is 2.07. The highest BCUT2D eigenvalue weighted by Gasteiger charge is 2.34. The van der Waals surface area contributed by atoms with Gasteiger partial charge in [-0.3, -0.25) is 15.0 Å². The number of esters is 1. The second-order valence-electron chi connectivity index (χ2n) is 5.97. The lowest BCUT2D eigenvalue weighted by molar-refractivity contribution is -0.384. The summed E-state index contributed by atoms with van der Waals surface area (Å²) in [7, 11) is 1.43. The van der Waals surface area contributed by atoms with Crippen molar-refractivity contribution in [1.29, 1.82) is 0 Å². The maximum atomic E-state index is 12.7. The molecule has 1 aromatic carbocycles. The van der Waals surface area contributed by atoms with Crippen LogP contribution in [0.3, 0.4) is 0 Å². The van der Waals surface area contributed by atoms with Crippen LogP contribution in [-0.2, 0) is 14.3 Å². The van der Waals surface area contributed by atoms with Gasteiger partial charge >= 0.3 is 12.1 Å². The Bertz CT molecular complexity index is 969. The third-order valence-electron chi connectivity index (χ3n) is 4.22. The molecule has 3 rings (SSSR count). The van der Waals surface area contributed by atoms with Gasteiger partial charge in [-0.05, 0) is 12.5 Å². The standard InChI is InChI=1S/C18H19N5O6/c1-3-28-16(24)14-10-21(11-29-18(25)19-2)17-20-7-8-22(17)15(14)12-5-4-6-13(9-12)23(26)27/h4-10,15H,3,11H2,1-2H3,(H,19,25). The number of alkyl carbamates (subject to hydrolysis) is 1. The van der Waals surface area contributed by atoms with Crippen LogP contribution in [0.15, 0.2) is 48.4 Å². The van der Waals surface area contributed by atoms with Crippen molar-refractivity contribution in [2.45, 2.75) is 13.0 Å². The summed E-state index contributed by atoms with van der Waals surface area (Å²) in [6.07, 6.45) is 3.99. The van der Waals surface area contributed by atoms with E-state index in [4.69, 9.17) is 9.47 Å². The van der Waals surface area contributed by atoms with Crippen LogP contribution in [0.2, 0.25) is 0 Å². The van der Waals surface area contributed by atoms with Gasteiger partial charge in [-0.25, -0.2) is 14.6 Å². The first kappa shape index (κ1) is 19.9. The number of aromatic nitrogens is 2. The van der Waals surface area contributed by atoms with E-state index < -0.39 is 23.0 Å². The van der Waals surface area contributed by atoms with Gasteiger partial charge in [0, 0.05) is 37.8 Å². The molecule has 0 bridgehead atoms. The number of nitro groups is 1. The number of ether oxygens (including phenoxy) is 2. The van der Waals surface area contributed by atoms with Gasteiger partial charge in [-0.15, -0.1) is 0 Å². The van der Waals surface area contributed by atoms with Crippen LogP contribution >= 0.6 is 0 Å². The lowest BCUT2D eigenvalue weighted by Gasteiger charge is -2.32. The Kier molecular flexibility index (Phi) is 5.77. The van der Waals surface area contributed by atoms with Crippen molar-refractivity contribution >= 4 is 23.7 Å². The summed E-state index contributed by atoms with van der Waals surface area (Å²) in [4.78, 5) is 40.6. The van der Waals surface area contributed by atoms with E-state index in [1.807, 2.05) is 0 Å². The zero-order chi connectivity index (χ0) is 21.0. The number of nitro benzene ring substituents is 1. The normalized spacial score (nSPS) is 15.2. The Hall–Kier alpha value is -3.89. The third kappa shape index (κ3) is 4.03. The number of carbonyl (C=O) groups excluding carboxylic acids is 2. The van der Waals surface area contributed by atoms with E-state index in [-0.39, 0.29) is 24.6 Å². The van der Waals surface area contributed by atoms with E-state index in [0.717, 1.165) is 0 Å². The summed E-state index contributed by atoms with van der Waals surface area (Å²) in [6.45, 7) is 1.64. The monoisotopic (exact) mass is 401 g/mol. The van der Waals surface area contributed by atoms with Crippen molar-refractivity contribution in [2.24, 2.45) is 0 Å². The molecule has 0 fully saturated rings. The van der Waals surface area contributed by atoms with Gasteiger partial charge in [0.1, 0.15) is 0 Å². The minimum atomic E-state index is -0.692.